The van der Waals surface area contributed by atoms with Gasteiger partial charge in [0.05, 0.1) is 12.4 Å². The van der Waals surface area contributed by atoms with E-state index in [0.717, 1.165) is 29.0 Å². The first kappa shape index (κ1) is 20.7. The number of anilines is 2. The summed E-state index contributed by atoms with van der Waals surface area (Å²) in [6, 6.07) is 24.0. The average molecular weight is 618 g/mol. The Kier molecular flexibility index (Phi) is 6.84. The lowest BCUT2D eigenvalue weighted by Crippen LogP contribution is -2.01. The van der Waals surface area contributed by atoms with Gasteiger partial charge in [0.1, 0.15) is 0 Å². The summed E-state index contributed by atoms with van der Waals surface area (Å²) >= 11 is 4.55. The van der Waals surface area contributed by atoms with Crippen LogP contribution in [0.2, 0.25) is 0 Å². The Hall–Kier alpha value is -2.60. The van der Waals surface area contributed by atoms with Crippen molar-refractivity contribution in [3.63, 3.8) is 0 Å². The van der Waals surface area contributed by atoms with Gasteiger partial charge in [-0.1, -0.05) is 48.5 Å². The number of halogens is 2. The van der Waals surface area contributed by atoms with E-state index >= 15 is 0 Å². The van der Waals surface area contributed by atoms with Crippen molar-refractivity contribution in [2.24, 2.45) is 10.2 Å². The predicted octanol–water partition coefficient (Wildman–Crippen LogP) is 5.73. The van der Waals surface area contributed by atoms with E-state index in [1.807, 2.05) is 72.8 Å². The van der Waals surface area contributed by atoms with Crippen molar-refractivity contribution in [3.8, 4) is 0 Å². The average Bonchev–Trinajstić information content (AvgIpc) is 2.75. The molecule has 1 aromatic heterocycles. The number of rotatable bonds is 6. The second kappa shape index (κ2) is 9.94. The molecule has 4 aromatic rings. The molecule has 0 bridgehead atoms. The second-order valence-corrected chi connectivity index (χ2v) is 8.78. The summed E-state index contributed by atoms with van der Waals surface area (Å²) in [5.74, 6) is 1.17. The highest BCUT2D eigenvalue weighted by Gasteiger charge is 2.07. The summed E-state index contributed by atoms with van der Waals surface area (Å²) in [5.41, 5.74) is 8.01. The lowest BCUT2D eigenvalue weighted by atomic mass is 10.2. The van der Waals surface area contributed by atoms with E-state index in [2.05, 4.69) is 76.4 Å². The highest BCUT2D eigenvalue weighted by Crippen LogP contribution is 2.25. The molecule has 0 radical (unpaired) electrons. The maximum Gasteiger partial charge on any atom is 0.176 e. The maximum absolute atomic E-state index is 4.31. The van der Waals surface area contributed by atoms with Gasteiger partial charge in [0, 0.05) is 17.9 Å². The molecule has 1 heterocycles. The molecule has 4 rings (SSSR count). The zero-order valence-corrected chi connectivity index (χ0v) is 19.9. The molecule has 0 saturated carbocycles. The Morgan fingerprint density at radius 3 is 1.53 bits per heavy atom. The van der Waals surface area contributed by atoms with Crippen LogP contribution in [0.15, 0.2) is 83.0 Å². The van der Waals surface area contributed by atoms with Crippen LogP contribution < -0.4 is 10.9 Å². The third-order valence-electron chi connectivity index (χ3n) is 4.15. The van der Waals surface area contributed by atoms with Crippen LogP contribution in [0.1, 0.15) is 11.1 Å². The SMILES string of the molecule is Ic1cccc(/C=N\Nc2nnc(N/N=C/c3cccc(I)c3)c3ccccc23)c1. The zero-order chi connectivity index (χ0) is 20.8. The number of nitrogens with zero attached hydrogens (tertiary/aromatic N) is 4. The number of hydrogen-bond donors (Lipinski definition) is 2. The van der Waals surface area contributed by atoms with E-state index < -0.39 is 0 Å². The normalized spacial score (nSPS) is 11.4. The standard InChI is InChI=1S/C22H16I2N6/c23-17-7-3-5-15(11-17)13-25-27-21-19-9-1-2-10-20(19)22(30-29-21)28-26-14-16-6-4-8-18(24)12-16/h1-14H,(H,27,29)(H,28,30)/b25-13-,26-14+. The van der Waals surface area contributed by atoms with Crippen LogP contribution in [0.25, 0.3) is 10.8 Å². The maximum atomic E-state index is 4.31. The van der Waals surface area contributed by atoms with Crippen LogP contribution >= 0.6 is 45.2 Å². The van der Waals surface area contributed by atoms with Crippen molar-refractivity contribution in [1.29, 1.82) is 0 Å². The van der Waals surface area contributed by atoms with Gasteiger partial charge in [-0.3, -0.25) is 10.9 Å². The predicted molar refractivity (Wildman–Crippen MR) is 140 cm³/mol. The summed E-state index contributed by atoms with van der Waals surface area (Å²) in [5, 5.41) is 19.0. The molecule has 0 aliphatic carbocycles. The first-order valence-corrected chi connectivity index (χ1v) is 11.2. The minimum absolute atomic E-state index is 0.583. The van der Waals surface area contributed by atoms with Crippen LogP contribution in [0, 0.1) is 7.14 Å². The molecule has 0 unspecified atom stereocenters. The van der Waals surface area contributed by atoms with E-state index in [9.17, 15) is 0 Å². The fourth-order valence-corrected chi connectivity index (χ4v) is 3.91. The molecule has 0 saturated heterocycles. The lowest BCUT2D eigenvalue weighted by molar-refractivity contribution is 1.03. The highest BCUT2D eigenvalue weighted by atomic mass is 127. The Labute approximate surface area is 201 Å². The summed E-state index contributed by atoms with van der Waals surface area (Å²) < 4.78 is 2.31. The Morgan fingerprint density at radius 1 is 0.633 bits per heavy atom. The molecule has 0 atom stereocenters. The minimum Gasteiger partial charge on any atom is -0.259 e. The first-order valence-electron chi connectivity index (χ1n) is 9.04. The van der Waals surface area contributed by atoms with Gasteiger partial charge >= 0.3 is 0 Å². The van der Waals surface area contributed by atoms with Gasteiger partial charge in [0.15, 0.2) is 11.6 Å². The van der Waals surface area contributed by atoms with Crippen LogP contribution in [0.4, 0.5) is 11.6 Å². The summed E-state index contributed by atoms with van der Waals surface area (Å²) in [4.78, 5) is 0. The highest BCUT2D eigenvalue weighted by molar-refractivity contribution is 14.1. The largest absolute Gasteiger partial charge is 0.259 e. The van der Waals surface area contributed by atoms with Crippen molar-refractivity contribution in [1.82, 2.24) is 10.2 Å². The minimum atomic E-state index is 0.583. The van der Waals surface area contributed by atoms with Gasteiger partial charge in [0.25, 0.3) is 0 Å². The van der Waals surface area contributed by atoms with Crippen molar-refractivity contribution in [3.05, 3.63) is 91.1 Å². The third kappa shape index (κ3) is 5.30. The van der Waals surface area contributed by atoms with Gasteiger partial charge in [-0.05, 0) is 80.6 Å². The molecule has 0 spiro atoms. The van der Waals surface area contributed by atoms with Gasteiger partial charge in [-0.2, -0.15) is 10.2 Å². The van der Waals surface area contributed by atoms with E-state index in [0.29, 0.717) is 11.6 Å². The van der Waals surface area contributed by atoms with Crippen molar-refractivity contribution >= 4 is 80.0 Å². The summed E-state index contributed by atoms with van der Waals surface area (Å²) in [6.07, 6.45) is 3.52. The molecule has 148 valence electrons. The molecule has 8 heteroatoms. The first-order chi connectivity index (χ1) is 14.7. The molecular weight excluding hydrogens is 602 g/mol. The van der Waals surface area contributed by atoms with E-state index in [-0.39, 0.29) is 0 Å². The Balaban J connectivity index is 1.54. The van der Waals surface area contributed by atoms with Crippen molar-refractivity contribution in [2.75, 3.05) is 10.9 Å². The van der Waals surface area contributed by atoms with Crippen LogP contribution in [-0.2, 0) is 0 Å². The van der Waals surface area contributed by atoms with Gasteiger partial charge in [-0.25, -0.2) is 0 Å². The van der Waals surface area contributed by atoms with Gasteiger partial charge < -0.3 is 0 Å². The number of hydrazone groups is 2. The van der Waals surface area contributed by atoms with Gasteiger partial charge in [-0.15, -0.1) is 10.2 Å². The number of benzene rings is 3. The number of fused-ring (bicyclic) bond motifs is 1. The molecule has 3 aromatic carbocycles. The van der Waals surface area contributed by atoms with Crippen LogP contribution in [0.3, 0.4) is 0 Å². The van der Waals surface area contributed by atoms with Crippen molar-refractivity contribution in [2.45, 2.75) is 0 Å². The van der Waals surface area contributed by atoms with E-state index in [4.69, 9.17) is 0 Å². The van der Waals surface area contributed by atoms with E-state index in [1.54, 1.807) is 12.4 Å². The Bertz CT molecular complexity index is 1140. The molecule has 6 nitrogen and oxygen atoms in total. The Morgan fingerprint density at radius 2 is 1.10 bits per heavy atom. The fraction of sp³-hybridized carbons (Fsp3) is 0. The van der Waals surface area contributed by atoms with Crippen LogP contribution in [0.5, 0.6) is 0 Å². The molecule has 30 heavy (non-hydrogen) atoms. The molecule has 0 aliphatic rings. The molecule has 0 amide bonds. The smallest absolute Gasteiger partial charge is 0.176 e. The monoisotopic (exact) mass is 618 g/mol. The quantitative estimate of drug-likeness (QED) is 0.165. The van der Waals surface area contributed by atoms with Gasteiger partial charge in [0.2, 0.25) is 0 Å². The molecule has 2 N–H and O–H groups in total. The molecule has 0 aliphatic heterocycles. The van der Waals surface area contributed by atoms with E-state index in [1.165, 1.54) is 0 Å². The molecule has 0 fully saturated rings. The van der Waals surface area contributed by atoms with Crippen molar-refractivity contribution < 1.29 is 0 Å². The molecular formula is C22H16I2N6. The number of aromatic nitrogens is 2. The number of hydrogen-bond acceptors (Lipinski definition) is 6. The second-order valence-electron chi connectivity index (χ2n) is 6.29. The number of nitrogens with one attached hydrogen (secondary N) is 2. The summed E-state index contributed by atoms with van der Waals surface area (Å²) in [7, 11) is 0. The van der Waals surface area contributed by atoms with Crippen LogP contribution in [-0.4, -0.2) is 22.6 Å². The lowest BCUT2D eigenvalue weighted by Gasteiger charge is -2.08. The topological polar surface area (TPSA) is 74.6 Å². The zero-order valence-electron chi connectivity index (χ0n) is 15.6. The fourth-order valence-electron chi connectivity index (χ4n) is 2.78. The third-order valence-corrected chi connectivity index (χ3v) is 5.49. The summed E-state index contributed by atoms with van der Waals surface area (Å²) in [6.45, 7) is 0.